The van der Waals surface area contributed by atoms with E-state index < -0.39 is 10.0 Å². The number of halogens is 1. The highest BCUT2D eigenvalue weighted by molar-refractivity contribution is 7.89. The van der Waals surface area contributed by atoms with Crippen LogP contribution in [0.5, 0.6) is 0 Å². The second kappa shape index (κ2) is 6.39. The van der Waals surface area contributed by atoms with Gasteiger partial charge in [-0.2, -0.15) is 4.31 Å². The van der Waals surface area contributed by atoms with Crippen LogP contribution < -0.4 is 4.90 Å². The van der Waals surface area contributed by atoms with Crippen molar-refractivity contribution in [3.8, 4) is 0 Å². The fraction of sp³-hybridized carbons (Fsp3) is 0.400. The summed E-state index contributed by atoms with van der Waals surface area (Å²) in [4.78, 5) is 8.42. The highest BCUT2D eigenvalue weighted by Crippen LogP contribution is 2.29. The lowest BCUT2D eigenvalue weighted by Crippen LogP contribution is -2.48. The van der Waals surface area contributed by atoms with Crippen LogP contribution in [0.4, 0.5) is 5.69 Å². The molecule has 0 N–H and O–H groups in total. The maximum absolute atomic E-state index is 12.8. The zero-order valence-corrected chi connectivity index (χ0v) is 15.4. The monoisotopic (exact) mass is 371 g/mol. The van der Waals surface area contributed by atoms with E-state index in [9.17, 15) is 8.42 Å². The minimum absolute atomic E-state index is 0.445. The summed E-state index contributed by atoms with van der Waals surface area (Å²) in [6.07, 6.45) is 1.66. The topological polar surface area (TPSA) is 53.5 Å². The first-order chi connectivity index (χ1) is 10.9. The highest BCUT2D eigenvalue weighted by Gasteiger charge is 2.30. The summed E-state index contributed by atoms with van der Waals surface area (Å²) in [6.45, 7) is 6.01. The van der Waals surface area contributed by atoms with Gasteiger partial charge in [-0.3, -0.25) is 0 Å². The quantitative estimate of drug-likeness (QED) is 0.778. The van der Waals surface area contributed by atoms with Gasteiger partial charge in [0.25, 0.3) is 0 Å². The van der Waals surface area contributed by atoms with Gasteiger partial charge >= 0.3 is 0 Å². The molecule has 0 atom stereocenters. The van der Waals surface area contributed by atoms with Gasteiger partial charge in [-0.05, 0) is 32.0 Å². The minimum atomic E-state index is -3.41. The lowest BCUT2D eigenvalue weighted by atomic mass is 10.3. The number of nitrogens with zero attached hydrogens (tertiary/aromatic N) is 3. The number of piperazine rings is 1. The summed E-state index contributed by atoms with van der Waals surface area (Å²) in [7, 11) is -3.41. The van der Waals surface area contributed by atoms with Crippen molar-refractivity contribution in [3.63, 3.8) is 0 Å². The van der Waals surface area contributed by atoms with Crippen LogP contribution in [0.1, 0.15) is 9.75 Å². The predicted octanol–water partition coefficient (Wildman–Crippen LogP) is 2.92. The molecule has 0 unspecified atom stereocenters. The van der Waals surface area contributed by atoms with Crippen LogP contribution in [0.15, 0.2) is 29.3 Å². The normalized spacial score (nSPS) is 16.7. The van der Waals surface area contributed by atoms with Crippen LogP contribution in [0, 0.1) is 13.8 Å². The van der Waals surface area contributed by atoms with Crippen molar-refractivity contribution in [2.45, 2.75) is 18.7 Å². The molecule has 1 aliphatic heterocycles. The first kappa shape index (κ1) is 16.7. The highest BCUT2D eigenvalue weighted by atomic mass is 35.5. The van der Waals surface area contributed by atoms with Gasteiger partial charge in [0, 0.05) is 47.8 Å². The van der Waals surface area contributed by atoms with Gasteiger partial charge in [0.15, 0.2) is 0 Å². The van der Waals surface area contributed by atoms with Gasteiger partial charge in [0.05, 0.1) is 4.90 Å². The van der Waals surface area contributed by atoms with Crippen molar-refractivity contribution < 1.29 is 8.42 Å². The van der Waals surface area contributed by atoms with Crippen molar-refractivity contribution in [1.29, 1.82) is 0 Å². The van der Waals surface area contributed by atoms with E-state index in [2.05, 4.69) is 9.88 Å². The second-order valence-electron chi connectivity index (χ2n) is 5.51. The van der Waals surface area contributed by atoms with Gasteiger partial charge in [-0.1, -0.05) is 11.6 Å². The predicted molar refractivity (Wildman–Crippen MR) is 94.0 cm³/mol. The Labute approximate surface area is 145 Å². The Hall–Kier alpha value is -1.15. The van der Waals surface area contributed by atoms with Crippen LogP contribution in [0.3, 0.4) is 0 Å². The fourth-order valence-corrected chi connectivity index (χ4v) is 5.89. The van der Waals surface area contributed by atoms with Gasteiger partial charge in [0.1, 0.15) is 5.15 Å². The molecule has 124 valence electrons. The smallest absolute Gasteiger partial charge is 0.244 e. The van der Waals surface area contributed by atoms with E-state index in [-0.39, 0.29) is 0 Å². The molecule has 0 saturated carbocycles. The fourth-order valence-electron chi connectivity index (χ4n) is 2.78. The molecular weight excluding hydrogens is 354 g/mol. The second-order valence-corrected chi connectivity index (χ2v) is 9.26. The SMILES string of the molecule is Cc1cc(S(=O)(=O)N2CCN(c3ccnc(Cl)c3)CC2)c(C)s1. The molecule has 5 nitrogen and oxygen atoms in total. The van der Waals surface area contributed by atoms with E-state index in [0.29, 0.717) is 36.2 Å². The van der Waals surface area contributed by atoms with Gasteiger partial charge in [-0.25, -0.2) is 13.4 Å². The molecule has 0 radical (unpaired) electrons. The Morgan fingerprint density at radius 2 is 1.87 bits per heavy atom. The van der Waals surface area contributed by atoms with E-state index >= 15 is 0 Å². The molecule has 0 amide bonds. The van der Waals surface area contributed by atoms with Crippen molar-refractivity contribution >= 4 is 38.6 Å². The Bertz CT molecular complexity index is 812. The number of rotatable bonds is 3. The average Bonchev–Trinajstić information content (AvgIpc) is 2.87. The van der Waals surface area contributed by atoms with Gasteiger partial charge in [-0.15, -0.1) is 11.3 Å². The van der Waals surface area contributed by atoms with Crippen LogP contribution in [0.25, 0.3) is 0 Å². The number of pyridine rings is 1. The average molecular weight is 372 g/mol. The molecule has 3 heterocycles. The molecule has 0 aromatic carbocycles. The third-order valence-electron chi connectivity index (χ3n) is 3.93. The molecule has 1 aliphatic rings. The summed E-state index contributed by atoms with van der Waals surface area (Å²) in [5, 5.41) is 0.446. The Balaban J connectivity index is 1.75. The molecule has 0 spiro atoms. The first-order valence-electron chi connectivity index (χ1n) is 7.31. The largest absolute Gasteiger partial charge is 0.369 e. The number of hydrogen-bond donors (Lipinski definition) is 0. The zero-order chi connectivity index (χ0) is 16.6. The molecule has 0 bridgehead atoms. The molecule has 8 heteroatoms. The number of hydrogen-bond acceptors (Lipinski definition) is 5. The van der Waals surface area contributed by atoms with Crippen LogP contribution in [-0.4, -0.2) is 43.9 Å². The van der Waals surface area contributed by atoms with Crippen molar-refractivity contribution in [2.24, 2.45) is 0 Å². The third-order valence-corrected chi connectivity index (χ3v) is 7.25. The van der Waals surface area contributed by atoms with E-state index in [4.69, 9.17) is 11.6 Å². The summed E-state index contributed by atoms with van der Waals surface area (Å²) in [5.74, 6) is 0. The van der Waals surface area contributed by atoms with Crippen molar-refractivity contribution in [1.82, 2.24) is 9.29 Å². The molecule has 23 heavy (non-hydrogen) atoms. The third kappa shape index (κ3) is 3.38. The summed E-state index contributed by atoms with van der Waals surface area (Å²) in [6, 6.07) is 5.46. The number of aryl methyl sites for hydroxylation is 2. The molecule has 3 rings (SSSR count). The number of thiophene rings is 1. The standard InChI is InChI=1S/C15H18ClN3O2S2/c1-11-9-14(12(2)22-11)23(20,21)19-7-5-18(6-8-19)13-3-4-17-15(16)10-13/h3-4,9-10H,5-8H2,1-2H3. The summed E-state index contributed by atoms with van der Waals surface area (Å²) in [5.41, 5.74) is 0.976. The summed E-state index contributed by atoms with van der Waals surface area (Å²) >= 11 is 7.44. The Morgan fingerprint density at radius 3 is 2.43 bits per heavy atom. The molecular formula is C15H18ClN3O2S2. The van der Waals surface area contributed by atoms with E-state index in [0.717, 1.165) is 15.4 Å². The van der Waals surface area contributed by atoms with Gasteiger partial charge < -0.3 is 4.90 Å². The minimum Gasteiger partial charge on any atom is -0.369 e. The lowest BCUT2D eigenvalue weighted by molar-refractivity contribution is 0.385. The maximum atomic E-state index is 12.8. The first-order valence-corrected chi connectivity index (χ1v) is 9.95. The van der Waals surface area contributed by atoms with E-state index in [1.54, 1.807) is 22.6 Å². The Kier molecular flexibility index (Phi) is 4.64. The van der Waals surface area contributed by atoms with Gasteiger partial charge in [0.2, 0.25) is 10.0 Å². The maximum Gasteiger partial charge on any atom is 0.244 e. The van der Waals surface area contributed by atoms with Crippen molar-refractivity contribution in [3.05, 3.63) is 39.3 Å². The molecule has 2 aromatic heterocycles. The molecule has 0 aliphatic carbocycles. The molecule has 1 fully saturated rings. The lowest BCUT2D eigenvalue weighted by Gasteiger charge is -2.35. The van der Waals surface area contributed by atoms with Crippen molar-refractivity contribution in [2.75, 3.05) is 31.1 Å². The molecule has 1 saturated heterocycles. The number of aromatic nitrogens is 1. The zero-order valence-electron chi connectivity index (χ0n) is 13.0. The van der Waals surface area contributed by atoms with Crippen LogP contribution in [-0.2, 0) is 10.0 Å². The Morgan fingerprint density at radius 1 is 1.17 bits per heavy atom. The molecule has 2 aromatic rings. The van der Waals surface area contributed by atoms with E-state index in [1.165, 1.54) is 11.3 Å². The summed E-state index contributed by atoms with van der Waals surface area (Å²) < 4.78 is 27.2. The number of anilines is 1. The van der Waals surface area contributed by atoms with E-state index in [1.807, 2.05) is 19.9 Å². The van der Waals surface area contributed by atoms with Crippen LogP contribution in [0.2, 0.25) is 5.15 Å². The number of sulfonamides is 1. The van der Waals surface area contributed by atoms with Crippen LogP contribution >= 0.6 is 22.9 Å².